The number of ether oxygens (including phenoxy) is 1. The Bertz CT molecular complexity index is 697. The number of benzene rings is 2. The van der Waals surface area contributed by atoms with Crippen molar-refractivity contribution >= 4 is 23.5 Å². The molecule has 0 spiro atoms. The summed E-state index contributed by atoms with van der Waals surface area (Å²) in [6.45, 7) is 3.77. The van der Waals surface area contributed by atoms with Gasteiger partial charge in [0.05, 0.1) is 0 Å². The molecule has 0 fully saturated rings. The van der Waals surface area contributed by atoms with Gasteiger partial charge in [-0.2, -0.15) is 0 Å². The highest BCUT2D eigenvalue weighted by Crippen LogP contribution is 2.24. The molecule has 2 rings (SSSR count). The quantitative estimate of drug-likeness (QED) is 0.663. The number of urea groups is 1. The molecule has 3 amide bonds. The molecule has 0 bridgehead atoms. The summed E-state index contributed by atoms with van der Waals surface area (Å²) in [5.41, 5.74) is 1.12. The summed E-state index contributed by atoms with van der Waals surface area (Å²) in [5, 5.41) is 16.3. The van der Waals surface area contributed by atoms with Crippen LogP contribution in [0.3, 0.4) is 0 Å². The number of rotatable bonds is 5. The fraction of sp³-hybridized carbons (Fsp3) is 0.176. The molecule has 2 aromatic carbocycles. The highest BCUT2D eigenvalue weighted by atomic mass is 16.5. The number of nitrogens with one attached hydrogen (secondary N) is 3. The van der Waals surface area contributed by atoms with Crippen molar-refractivity contribution < 1.29 is 19.4 Å². The Hall–Kier alpha value is -3.22. The zero-order valence-corrected chi connectivity index (χ0v) is 13.4. The van der Waals surface area contributed by atoms with Gasteiger partial charge in [-0.3, -0.25) is 5.32 Å². The largest absolute Gasteiger partial charge is 0.465 e. The van der Waals surface area contributed by atoms with Crippen LogP contribution in [0.25, 0.3) is 0 Å². The van der Waals surface area contributed by atoms with Crippen LogP contribution in [0.4, 0.5) is 21.0 Å². The van der Waals surface area contributed by atoms with Gasteiger partial charge >= 0.3 is 12.1 Å². The molecule has 7 heteroatoms. The first-order valence-electron chi connectivity index (χ1n) is 7.38. The van der Waals surface area contributed by atoms with Gasteiger partial charge in [0.1, 0.15) is 11.5 Å². The molecular weight excluding hydrogens is 310 g/mol. The number of anilines is 2. The van der Waals surface area contributed by atoms with E-state index in [9.17, 15) is 9.59 Å². The van der Waals surface area contributed by atoms with Crippen LogP contribution in [-0.4, -0.2) is 23.3 Å². The second kappa shape index (κ2) is 7.87. The second-order valence-electron chi connectivity index (χ2n) is 5.33. The van der Waals surface area contributed by atoms with Crippen molar-refractivity contribution in [3.05, 3.63) is 48.5 Å². The van der Waals surface area contributed by atoms with Gasteiger partial charge in [-0.25, -0.2) is 9.59 Å². The van der Waals surface area contributed by atoms with Crippen molar-refractivity contribution in [2.75, 3.05) is 10.6 Å². The average molecular weight is 329 g/mol. The lowest BCUT2D eigenvalue weighted by Gasteiger charge is -2.11. The SMILES string of the molecule is CC(C)NC(=O)Nc1ccc(Oc2ccc(NC(=O)O)cc2)cc1. The van der Waals surface area contributed by atoms with Gasteiger partial charge in [-0.15, -0.1) is 0 Å². The normalized spacial score (nSPS) is 10.1. The summed E-state index contributed by atoms with van der Waals surface area (Å²) >= 11 is 0. The number of hydrogen-bond donors (Lipinski definition) is 4. The third-order valence-electron chi connectivity index (χ3n) is 2.87. The Kier molecular flexibility index (Phi) is 5.62. The van der Waals surface area contributed by atoms with Crippen molar-refractivity contribution in [1.29, 1.82) is 0 Å². The van der Waals surface area contributed by atoms with Gasteiger partial charge in [0.25, 0.3) is 0 Å². The van der Waals surface area contributed by atoms with Crippen molar-refractivity contribution in [3.63, 3.8) is 0 Å². The number of carbonyl (C=O) groups is 2. The predicted octanol–water partition coefficient (Wildman–Crippen LogP) is 4.10. The van der Waals surface area contributed by atoms with Crippen LogP contribution in [0.15, 0.2) is 48.5 Å². The van der Waals surface area contributed by atoms with Crippen molar-refractivity contribution in [1.82, 2.24) is 5.32 Å². The van der Waals surface area contributed by atoms with E-state index in [2.05, 4.69) is 16.0 Å². The highest BCUT2D eigenvalue weighted by Gasteiger charge is 2.04. The van der Waals surface area contributed by atoms with E-state index < -0.39 is 6.09 Å². The maximum Gasteiger partial charge on any atom is 0.409 e. The minimum Gasteiger partial charge on any atom is -0.465 e. The van der Waals surface area contributed by atoms with Crippen LogP contribution in [0.5, 0.6) is 11.5 Å². The van der Waals surface area contributed by atoms with Gasteiger partial charge in [-0.1, -0.05) is 0 Å². The van der Waals surface area contributed by atoms with Crippen LogP contribution < -0.4 is 20.7 Å². The molecule has 2 aromatic rings. The van der Waals surface area contributed by atoms with Gasteiger partial charge < -0.3 is 20.5 Å². The molecule has 0 saturated heterocycles. The van der Waals surface area contributed by atoms with E-state index in [0.717, 1.165) is 0 Å². The smallest absolute Gasteiger partial charge is 0.409 e. The van der Waals surface area contributed by atoms with Gasteiger partial charge in [-0.05, 0) is 62.4 Å². The number of amides is 3. The summed E-state index contributed by atoms with van der Waals surface area (Å²) in [7, 11) is 0. The molecule has 0 aliphatic heterocycles. The van der Waals surface area contributed by atoms with Crippen molar-refractivity contribution in [3.8, 4) is 11.5 Å². The second-order valence-corrected chi connectivity index (χ2v) is 5.33. The van der Waals surface area contributed by atoms with Crippen LogP contribution in [0.2, 0.25) is 0 Å². The topological polar surface area (TPSA) is 99.7 Å². The fourth-order valence-electron chi connectivity index (χ4n) is 1.90. The molecule has 0 unspecified atom stereocenters. The van der Waals surface area contributed by atoms with Crippen LogP contribution in [-0.2, 0) is 0 Å². The zero-order chi connectivity index (χ0) is 17.5. The summed E-state index contributed by atoms with van der Waals surface area (Å²) in [5.74, 6) is 1.17. The Labute approximate surface area is 139 Å². The maximum atomic E-state index is 11.6. The minimum atomic E-state index is -1.12. The Morgan fingerprint density at radius 3 is 1.75 bits per heavy atom. The van der Waals surface area contributed by atoms with Crippen LogP contribution >= 0.6 is 0 Å². The van der Waals surface area contributed by atoms with E-state index in [-0.39, 0.29) is 12.1 Å². The monoisotopic (exact) mass is 329 g/mol. The molecule has 0 atom stereocenters. The lowest BCUT2D eigenvalue weighted by molar-refractivity contribution is 0.209. The maximum absolute atomic E-state index is 11.6. The predicted molar refractivity (Wildman–Crippen MR) is 91.9 cm³/mol. The summed E-state index contributed by atoms with van der Waals surface area (Å²) in [4.78, 5) is 22.1. The molecule has 7 nitrogen and oxygen atoms in total. The van der Waals surface area contributed by atoms with Gasteiger partial charge in [0.2, 0.25) is 0 Å². The summed E-state index contributed by atoms with van der Waals surface area (Å²) in [6.07, 6.45) is -1.12. The standard InChI is InChI=1S/C17H19N3O4/c1-11(2)18-16(21)19-12-3-7-14(8-4-12)24-15-9-5-13(6-10-15)20-17(22)23/h3-11,20H,1-2H3,(H,22,23)(H2,18,19,21). The van der Waals surface area contributed by atoms with E-state index in [1.165, 1.54) is 0 Å². The molecule has 0 aromatic heterocycles. The Morgan fingerprint density at radius 1 is 0.875 bits per heavy atom. The first-order chi connectivity index (χ1) is 11.4. The Balaban J connectivity index is 1.93. The van der Waals surface area contributed by atoms with E-state index >= 15 is 0 Å². The Morgan fingerprint density at radius 2 is 1.33 bits per heavy atom. The van der Waals surface area contributed by atoms with E-state index in [1.807, 2.05) is 13.8 Å². The summed E-state index contributed by atoms with van der Waals surface area (Å²) in [6, 6.07) is 13.3. The van der Waals surface area contributed by atoms with E-state index in [0.29, 0.717) is 22.9 Å². The lowest BCUT2D eigenvalue weighted by Crippen LogP contribution is -2.34. The lowest BCUT2D eigenvalue weighted by atomic mass is 10.3. The first kappa shape index (κ1) is 17.1. The van der Waals surface area contributed by atoms with Crippen LogP contribution in [0, 0.1) is 0 Å². The van der Waals surface area contributed by atoms with Crippen molar-refractivity contribution in [2.24, 2.45) is 0 Å². The van der Waals surface area contributed by atoms with E-state index in [1.54, 1.807) is 48.5 Å². The molecule has 126 valence electrons. The zero-order valence-electron chi connectivity index (χ0n) is 13.4. The molecule has 24 heavy (non-hydrogen) atoms. The minimum absolute atomic E-state index is 0.0613. The first-order valence-corrected chi connectivity index (χ1v) is 7.38. The number of carbonyl (C=O) groups excluding carboxylic acids is 1. The molecule has 0 saturated carbocycles. The summed E-state index contributed by atoms with van der Waals surface area (Å²) < 4.78 is 5.66. The molecule has 0 radical (unpaired) electrons. The molecule has 0 aliphatic rings. The number of carboxylic acid groups (broad SMARTS) is 1. The van der Waals surface area contributed by atoms with Gasteiger partial charge in [0.15, 0.2) is 0 Å². The molecule has 4 N–H and O–H groups in total. The van der Waals surface area contributed by atoms with Crippen LogP contribution in [0.1, 0.15) is 13.8 Å². The number of hydrogen-bond acceptors (Lipinski definition) is 3. The molecule has 0 aliphatic carbocycles. The molecular formula is C17H19N3O4. The fourth-order valence-corrected chi connectivity index (χ4v) is 1.90. The highest BCUT2D eigenvalue weighted by molar-refractivity contribution is 5.89. The third kappa shape index (κ3) is 5.53. The third-order valence-corrected chi connectivity index (χ3v) is 2.87. The average Bonchev–Trinajstić information content (AvgIpc) is 2.50. The molecule has 0 heterocycles. The van der Waals surface area contributed by atoms with E-state index in [4.69, 9.17) is 9.84 Å². The van der Waals surface area contributed by atoms with Gasteiger partial charge in [0, 0.05) is 17.4 Å². The van der Waals surface area contributed by atoms with Crippen molar-refractivity contribution in [2.45, 2.75) is 19.9 Å².